The van der Waals surface area contributed by atoms with E-state index in [4.69, 9.17) is 4.74 Å². The molecule has 1 aliphatic carbocycles. The quantitative estimate of drug-likeness (QED) is 0.740. The van der Waals surface area contributed by atoms with Crippen LogP contribution in [0.4, 0.5) is 8.78 Å². The molecule has 86 valence electrons. The summed E-state index contributed by atoms with van der Waals surface area (Å²) in [5.41, 5.74) is -0.624. The van der Waals surface area contributed by atoms with Gasteiger partial charge in [-0.05, 0) is 25.8 Å². The lowest BCUT2D eigenvalue weighted by atomic mass is 9.95. The Kier molecular flexibility index (Phi) is 2.66. The molecular weight excluding hydrogens is 214 g/mol. The highest BCUT2D eigenvalue weighted by Crippen LogP contribution is 2.50. The summed E-state index contributed by atoms with van der Waals surface area (Å²) in [4.78, 5) is 11.7. The van der Waals surface area contributed by atoms with Gasteiger partial charge in [-0.2, -0.15) is 0 Å². The van der Waals surface area contributed by atoms with Crippen LogP contribution in [0.1, 0.15) is 25.3 Å². The fraction of sp³-hybridized carbons (Fsp3) is 0.417. The summed E-state index contributed by atoms with van der Waals surface area (Å²) < 4.78 is 31.2. The molecule has 1 saturated carbocycles. The first-order valence-electron chi connectivity index (χ1n) is 5.23. The predicted octanol–water partition coefficient (Wildman–Crippen LogP) is 2.56. The molecule has 1 fully saturated rings. The number of hydrogen-bond acceptors (Lipinski definition) is 2. The molecule has 0 saturated heterocycles. The molecule has 2 nitrogen and oxygen atoms in total. The van der Waals surface area contributed by atoms with E-state index in [0.717, 1.165) is 12.1 Å². The van der Waals surface area contributed by atoms with Crippen molar-refractivity contribution in [2.75, 3.05) is 6.61 Å². The van der Waals surface area contributed by atoms with Crippen molar-refractivity contribution in [3.8, 4) is 0 Å². The molecule has 0 N–H and O–H groups in total. The normalized spacial score (nSPS) is 16.9. The van der Waals surface area contributed by atoms with Gasteiger partial charge in [0.2, 0.25) is 0 Å². The molecule has 0 spiro atoms. The maximum Gasteiger partial charge on any atom is 0.316 e. The molecule has 16 heavy (non-hydrogen) atoms. The summed E-state index contributed by atoms with van der Waals surface area (Å²) >= 11 is 0. The zero-order valence-electron chi connectivity index (χ0n) is 8.93. The molecule has 0 amide bonds. The van der Waals surface area contributed by atoms with E-state index in [1.807, 2.05) is 0 Å². The van der Waals surface area contributed by atoms with Crippen LogP contribution in [-0.2, 0) is 14.9 Å². The van der Waals surface area contributed by atoms with Gasteiger partial charge < -0.3 is 4.74 Å². The number of esters is 1. The Morgan fingerprint density at radius 1 is 1.44 bits per heavy atom. The molecule has 0 heterocycles. The van der Waals surface area contributed by atoms with Crippen molar-refractivity contribution in [1.29, 1.82) is 0 Å². The van der Waals surface area contributed by atoms with E-state index in [2.05, 4.69) is 0 Å². The van der Waals surface area contributed by atoms with Crippen LogP contribution >= 0.6 is 0 Å². The average Bonchev–Trinajstić information content (AvgIpc) is 2.99. The van der Waals surface area contributed by atoms with E-state index < -0.39 is 23.0 Å². The Morgan fingerprint density at radius 2 is 2.12 bits per heavy atom. The predicted molar refractivity (Wildman–Crippen MR) is 53.9 cm³/mol. The van der Waals surface area contributed by atoms with Gasteiger partial charge in [0, 0.05) is 11.6 Å². The SMILES string of the molecule is CCOC(=O)C1(c2ccc(F)cc2F)CC1. The van der Waals surface area contributed by atoms with E-state index in [1.54, 1.807) is 6.92 Å². The van der Waals surface area contributed by atoms with Gasteiger partial charge >= 0.3 is 5.97 Å². The first-order chi connectivity index (χ1) is 7.60. The summed E-state index contributed by atoms with van der Waals surface area (Å²) in [5.74, 6) is -1.73. The molecule has 4 heteroatoms. The average molecular weight is 226 g/mol. The van der Waals surface area contributed by atoms with Gasteiger partial charge in [0.15, 0.2) is 0 Å². The first-order valence-corrected chi connectivity index (χ1v) is 5.23. The van der Waals surface area contributed by atoms with Gasteiger partial charge in [-0.15, -0.1) is 0 Å². The molecule has 0 atom stereocenters. The van der Waals surface area contributed by atoms with E-state index in [0.29, 0.717) is 12.8 Å². The van der Waals surface area contributed by atoms with Gasteiger partial charge in [-0.3, -0.25) is 4.79 Å². The van der Waals surface area contributed by atoms with Crippen molar-refractivity contribution in [3.05, 3.63) is 35.4 Å². The van der Waals surface area contributed by atoms with E-state index in [9.17, 15) is 13.6 Å². The van der Waals surface area contributed by atoms with Crippen molar-refractivity contribution in [1.82, 2.24) is 0 Å². The molecular formula is C12H12F2O2. The smallest absolute Gasteiger partial charge is 0.316 e. The van der Waals surface area contributed by atoms with Crippen LogP contribution in [0.2, 0.25) is 0 Å². The van der Waals surface area contributed by atoms with Crippen LogP contribution in [0.15, 0.2) is 18.2 Å². The summed E-state index contributed by atoms with van der Waals surface area (Å²) in [7, 11) is 0. The molecule has 1 aromatic rings. The summed E-state index contributed by atoms with van der Waals surface area (Å²) in [6.07, 6.45) is 1.13. The van der Waals surface area contributed by atoms with E-state index in [1.165, 1.54) is 6.07 Å². The lowest BCUT2D eigenvalue weighted by molar-refractivity contribution is -0.146. The molecule has 0 aliphatic heterocycles. The molecule has 0 unspecified atom stereocenters. The van der Waals surface area contributed by atoms with Crippen LogP contribution in [-0.4, -0.2) is 12.6 Å². The highest BCUT2D eigenvalue weighted by Gasteiger charge is 2.54. The monoisotopic (exact) mass is 226 g/mol. The number of carbonyl (C=O) groups excluding carboxylic acids is 1. The number of benzene rings is 1. The third kappa shape index (κ3) is 1.68. The maximum atomic E-state index is 13.5. The molecule has 1 aromatic carbocycles. The van der Waals surface area contributed by atoms with Gasteiger partial charge in [0.1, 0.15) is 11.6 Å². The minimum absolute atomic E-state index is 0.243. The van der Waals surface area contributed by atoms with Crippen molar-refractivity contribution in [2.24, 2.45) is 0 Å². The van der Waals surface area contributed by atoms with Gasteiger partial charge in [-0.25, -0.2) is 8.78 Å². The second-order valence-electron chi connectivity index (χ2n) is 3.93. The molecule has 2 rings (SSSR count). The fourth-order valence-electron chi connectivity index (χ4n) is 1.86. The minimum Gasteiger partial charge on any atom is -0.465 e. The summed E-state index contributed by atoms with van der Waals surface area (Å²) in [6, 6.07) is 3.29. The maximum absolute atomic E-state index is 13.5. The highest BCUT2D eigenvalue weighted by molar-refractivity contribution is 5.86. The topological polar surface area (TPSA) is 26.3 Å². The van der Waals surface area contributed by atoms with Crippen LogP contribution in [0.25, 0.3) is 0 Å². The van der Waals surface area contributed by atoms with Crippen molar-refractivity contribution in [3.63, 3.8) is 0 Å². The first kappa shape index (κ1) is 11.0. The Morgan fingerprint density at radius 3 is 2.62 bits per heavy atom. The Labute approximate surface area is 92.2 Å². The van der Waals surface area contributed by atoms with Crippen LogP contribution in [0.5, 0.6) is 0 Å². The van der Waals surface area contributed by atoms with Crippen LogP contribution in [0.3, 0.4) is 0 Å². The lowest BCUT2D eigenvalue weighted by Gasteiger charge is -2.14. The highest BCUT2D eigenvalue weighted by atomic mass is 19.1. The third-order valence-electron chi connectivity index (χ3n) is 2.86. The minimum atomic E-state index is -0.867. The van der Waals surface area contributed by atoms with Crippen LogP contribution in [0, 0.1) is 11.6 Å². The fourth-order valence-corrected chi connectivity index (χ4v) is 1.86. The second-order valence-corrected chi connectivity index (χ2v) is 3.93. The lowest BCUT2D eigenvalue weighted by Crippen LogP contribution is -2.24. The zero-order chi connectivity index (χ0) is 11.8. The Bertz CT molecular complexity index is 425. The standard InChI is InChI=1S/C12H12F2O2/c1-2-16-11(15)12(5-6-12)9-4-3-8(13)7-10(9)14/h3-4,7H,2,5-6H2,1H3. The van der Waals surface area contributed by atoms with Gasteiger partial charge in [-0.1, -0.05) is 6.07 Å². The number of carbonyl (C=O) groups is 1. The van der Waals surface area contributed by atoms with E-state index >= 15 is 0 Å². The van der Waals surface area contributed by atoms with Crippen LogP contribution < -0.4 is 0 Å². The molecule has 1 aliphatic rings. The number of halogens is 2. The zero-order valence-corrected chi connectivity index (χ0v) is 8.93. The van der Waals surface area contributed by atoms with E-state index in [-0.39, 0.29) is 12.2 Å². The van der Waals surface area contributed by atoms with Crippen molar-refractivity contribution >= 4 is 5.97 Å². The number of rotatable bonds is 3. The number of ether oxygens (including phenoxy) is 1. The summed E-state index contributed by atoms with van der Waals surface area (Å²) in [6.45, 7) is 1.97. The van der Waals surface area contributed by atoms with Gasteiger partial charge in [0.05, 0.1) is 12.0 Å². The van der Waals surface area contributed by atoms with Crippen molar-refractivity contribution < 1.29 is 18.3 Å². The Hall–Kier alpha value is -1.45. The molecule has 0 bridgehead atoms. The molecule has 0 aromatic heterocycles. The third-order valence-corrected chi connectivity index (χ3v) is 2.86. The summed E-state index contributed by atoms with van der Waals surface area (Å²) in [5, 5.41) is 0. The van der Waals surface area contributed by atoms with Gasteiger partial charge in [0.25, 0.3) is 0 Å². The largest absolute Gasteiger partial charge is 0.465 e. The van der Waals surface area contributed by atoms with Crippen molar-refractivity contribution in [2.45, 2.75) is 25.2 Å². The Balaban J connectivity index is 2.33. The molecule has 0 radical (unpaired) electrons. The number of hydrogen-bond donors (Lipinski definition) is 0. The second kappa shape index (κ2) is 3.85.